The van der Waals surface area contributed by atoms with Crippen LogP contribution in [0, 0.1) is 12.3 Å². The molecule has 7 rings (SSSR count). The molecule has 201 valence electrons. The molecule has 0 saturated carbocycles. The molecule has 1 N–H and O–H groups in total. The number of halogens is 1. The maximum Gasteiger partial charge on any atom is 0.251 e. The highest BCUT2D eigenvalue weighted by Gasteiger charge is 2.39. The van der Waals surface area contributed by atoms with E-state index >= 15 is 4.39 Å². The third-order valence-electron chi connectivity index (χ3n) is 8.41. The number of hydrogen-bond acceptors (Lipinski definition) is 4. The zero-order valence-electron chi connectivity index (χ0n) is 22.9. The zero-order chi connectivity index (χ0) is 27.4. The van der Waals surface area contributed by atoms with Gasteiger partial charge in [-0.15, -0.1) is 0 Å². The van der Waals surface area contributed by atoms with Gasteiger partial charge in [0, 0.05) is 55.7 Å². The number of nitrogens with zero attached hydrogens (tertiary/aromatic N) is 3. The van der Waals surface area contributed by atoms with Gasteiger partial charge in [0.05, 0.1) is 11.0 Å². The summed E-state index contributed by atoms with van der Waals surface area (Å²) in [6.45, 7) is 6.21. The van der Waals surface area contributed by atoms with E-state index in [1.54, 1.807) is 13.0 Å². The minimum Gasteiger partial charge on any atom is -0.356 e. The third kappa shape index (κ3) is 4.76. The molecule has 4 aliphatic rings. The Labute approximate surface area is 233 Å². The molecule has 0 spiro atoms. The van der Waals surface area contributed by atoms with Crippen molar-refractivity contribution in [1.29, 1.82) is 0 Å². The Balaban J connectivity index is 1.11. The fourth-order valence-corrected chi connectivity index (χ4v) is 6.02. The molecular weight excluding hydrogens is 499 g/mol. The molecule has 5 nitrogen and oxygen atoms in total. The lowest BCUT2D eigenvalue weighted by molar-refractivity contribution is 0.0951. The largest absolute Gasteiger partial charge is 0.356 e. The van der Waals surface area contributed by atoms with Crippen LogP contribution >= 0.6 is 0 Å². The van der Waals surface area contributed by atoms with Crippen LogP contribution in [-0.4, -0.2) is 35.5 Å². The number of allylic oxidation sites excluding steroid dienone is 3. The van der Waals surface area contributed by atoms with Crippen molar-refractivity contribution < 1.29 is 9.18 Å². The van der Waals surface area contributed by atoms with Crippen molar-refractivity contribution in [3.8, 4) is 11.3 Å². The Bertz CT molecular complexity index is 1730. The standard InChI is InChI=1S/C34H32FN4O/c1-21-11-22(19-37-33(40)24-8-7-23-14-25-15-27(25)18-34(2,35)29(23)17-24)13-26-16-28(20-36-31(26)12-21)30-5-3-6-32(38-30)39-9-4-10-39/h3,5-8,11-13,15-17,20,22H,4,9-10,14,18-19H2,1-2H3,(H,37,40)/t22?,34-/m1/s1. The zero-order valence-corrected chi connectivity index (χ0v) is 22.9. The molecule has 1 saturated heterocycles. The monoisotopic (exact) mass is 531 g/mol. The van der Waals surface area contributed by atoms with Crippen LogP contribution in [0.4, 0.5) is 10.2 Å². The lowest BCUT2D eigenvalue weighted by atomic mass is 9.87. The smallest absolute Gasteiger partial charge is 0.251 e. The molecule has 2 atom stereocenters. The number of nitrogens with one attached hydrogen (secondary N) is 1. The van der Waals surface area contributed by atoms with Gasteiger partial charge in [-0.3, -0.25) is 9.78 Å². The van der Waals surface area contributed by atoms with Gasteiger partial charge in [0.1, 0.15) is 11.5 Å². The Hall–Kier alpha value is -4.06. The molecule has 3 aromatic rings. The number of rotatable bonds is 5. The maximum absolute atomic E-state index is 15.6. The Morgan fingerprint density at radius 3 is 2.85 bits per heavy atom. The highest BCUT2D eigenvalue weighted by molar-refractivity contribution is 5.94. The molecule has 3 heterocycles. The van der Waals surface area contributed by atoms with Crippen molar-refractivity contribution in [3.05, 3.63) is 105 Å². The maximum atomic E-state index is 15.6. The van der Waals surface area contributed by atoms with Crippen molar-refractivity contribution >= 4 is 23.9 Å². The van der Waals surface area contributed by atoms with E-state index in [1.165, 1.54) is 12.0 Å². The second-order valence-corrected chi connectivity index (χ2v) is 11.6. The molecular formula is C34H32FN4O. The van der Waals surface area contributed by atoms with Gasteiger partial charge in [0.15, 0.2) is 0 Å². The fourth-order valence-electron chi connectivity index (χ4n) is 6.02. The molecule has 40 heavy (non-hydrogen) atoms. The first-order valence-electron chi connectivity index (χ1n) is 14.1. The van der Waals surface area contributed by atoms with Gasteiger partial charge in [-0.1, -0.05) is 41.0 Å². The number of benzene rings is 1. The minimum absolute atomic E-state index is 0.0124. The van der Waals surface area contributed by atoms with Crippen LogP contribution in [0.5, 0.6) is 0 Å². The SMILES string of the molecule is CC1=CC(CNC(=O)c2ccc3c(c2)[C@](C)(F)CC2=C([CH]2)C3)C=c2cc(-c3cccc(N4CCC4)n3)cnc2=C1. The highest BCUT2D eigenvalue weighted by Crippen LogP contribution is 2.48. The molecule has 1 fully saturated rings. The van der Waals surface area contributed by atoms with Crippen molar-refractivity contribution in [1.82, 2.24) is 15.3 Å². The van der Waals surface area contributed by atoms with Gasteiger partial charge in [0.25, 0.3) is 5.91 Å². The van der Waals surface area contributed by atoms with E-state index in [2.05, 4.69) is 53.9 Å². The molecule has 0 bridgehead atoms. The first-order chi connectivity index (χ1) is 19.3. The summed E-state index contributed by atoms with van der Waals surface area (Å²) in [5.41, 5.74) is 5.95. The normalized spacial score (nSPS) is 22.7. The van der Waals surface area contributed by atoms with E-state index in [-0.39, 0.29) is 11.8 Å². The number of aromatic nitrogens is 2. The second kappa shape index (κ2) is 9.54. The number of carbonyl (C=O) groups is 1. The third-order valence-corrected chi connectivity index (χ3v) is 8.41. The van der Waals surface area contributed by atoms with Crippen LogP contribution in [0.3, 0.4) is 0 Å². The lowest BCUT2D eigenvalue weighted by Crippen LogP contribution is -2.37. The quantitative estimate of drug-likeness (QED) is 0.524. The van der Waals surface area contributed by atoms with Crippen molar-refractivity contribution in [2.75, 3.05) is 24.5 Å². The fraction of sp³-hybridized carbons (Fsp3) is 0.294. The van der Waals surface area contributed by atoms with E-state index in [4.69, 9.17) is 9.97 Å². The van der Waals surface area contributed by atoms with Crippen LogP contribution in [0.15, 0.2) is 71.5 Å². The average Bonchev–Trinajstić information content (AvgIpc) is 3.66. The Morgan fingerprint density at radius 2 is 2.02 bits per heavy atom. The van der Waals surface area contributed by atoms with Crippen LogP contribution in [0.25, 0.3) is 23.4 Å². The van der Waals surface area contributed by atoms with Crippen LogP contribution in [0.1, 0.15) is 48.2 Å². The van der Waals surface area contributed by atoms with Gasteiger partial charge >= 0.3 is 0 Å². The molecule has 1 amide bonds. The summed E-state index contributed by atoms with van der Waals surface area (Å²) >= 11 is 0. The molecule has 1 unspecified atom stereocenters. The van der Waals surface area contributed by atoms with Gasteiger partial charge in [-0.25, -0.2) is 9.37 Å². The van der Waals surface area contributed by atoms with E-state index in [0.717, 1.165) is 63.9 Å². The molecule has 1 aromatic carbocycles. The highest BCUT2D eigenvalue weighted by atomic mass is 19.1. The first-order valence-corrected chi connectivity index (χ1v) is 14.1. The molecule has 1 radical (unpaired) electrons. The van der Waals surface area contributed by atoms with E-state index in [1.807, 2.05) is 30.5 Å². The van der Waals surface area contributed by atoms with E-state index < -0.39 is 5.67 Å². The van der Waals surface area contributed by atoms with Crippen LogP contribution < -0.4 is 20.8 Å². The number of hydrogen-bond donors (Lipinski definition) is 1. The number of pyridine rings is 2. The molecule has 2 aromatic heterocycles. The summed E-state index contributed by atoms with van der Waals surface area (Å²) < 4.78 is 15.6. The summed E-state index contributed by atoms with van der Waals surface area (Å²) in [6, 6.07) is 13.7. The topological polar surface area (TPSA) is 58.1 Å². The number of amides is 1. The summed E-state index contributed by atoms with van der Waals surface area (Å²) in [7, 11) is 0. The van der Waals surface area contributed by atoms with Gasteiger partial charge < -0.3 is 10.2 Å². The van der Waals surface area contributed by atoms with Crippen LogP contribution in [0.2, 0.25) is 0 Å². The van der Waals surface area contributed by atoms with Crippen molar-refractivity contribution in [2.45, 2.75) is 38.8 Å². The van der Waals surface area contributed by atoms with Crippen molar-refractivity contribution in [2.24, 2.45) is 5.92 Å². The predicted octanol–water partition coefficient (Wildman–Crippen LogP) is 4.57. The Morgan fingerprint density at radius 1 is 1.15 bits per heavy atom. The number of anilines is 1. The van der Waals surface area contributed by atoms with Crippen molar-refractivity contribution in [3.63, 3.8) is 0 Å². The molecule has 1 aliphatic heterocycles. The predicted molar refractivity (Wildman–Crippen MR) is 157 cm³/mol. The summed E-state index contributed by atoms with van der Waals surface area (Å²) in [5.74, 6) is 0.805. The van der Waals surface area contributed by atoms with E-state index in [9.17, 15) is 4.79 Å². The van der Waals surface area contributed by atoms with Gasteiger partial charge in [-0.05, 0) is 79.4 Å². The van der Waals surface area contributed by atoms with Crippen LogP contribution in [-0.2, 0) is 12.1 Å². The minimum atomic E-state index is -1.47. The summed E-state index contributed by atoms with van der Waals surface area (Å²) in [5, 5.41) is 5.01. The number of fused-ring (bicyclic) bond motifs is 2. The summed E-state index contributed by atoms with van der Waals surface area (Å²) in [4.78, 5) is 25.1. The molecule has 3 aliphatic carbocycles. The van der Waals surface area contributed by atoms with Gasteiger partial charge in [-0.2, -0.15) is 0 Å². The second-order valence-electron chi connectivity index (χ2n) is 11.6. The molecule has 6 heteroatoms. The number of alkyl halides is 1. The summed E-state index contributed by atoms with van der Waals surface area (Å²) in [6.07, 6.45) is 12.7. The lowest BCUT2D eigenvalue weighted by Gasteiger charge is -2.32. The Kier molecular flexibility index (Phi) is 5.95. The van der Waals surface area contributed by atoms with E-state index in [0.29, 0.717) is 24.1 Å². The average molecular weight is 532 g/mol. The first kappa shape index (κ1) is 24.9. The van der Waals surface area contributed by atoms with Gasteiger partial charge in [0.2, 0.25) is 0 Å². The number of carbonyl (C=O) groups excluding carboxylic acids is 1.